The Labute approximate surface area is 736 Å². The molecule has 1 N–H and O–H groups in total. The molecule has 0 saturated heterocycles. The fraction of sp³-hybridized carbons (Fsp3) is 0.277. The lowest BCUT2D eigenvalue weighted by molar-refractivity contribution is 0.358. The van der Waals surface area contributed by atoms with Crippen molar-refractivity contribution < 1.29 is 38.4 Å². The number of anilines is 2. The third-order valence-electron chi connectivity index (χ3n) is 16.5. The average Bonchev–Trinajstić information content (AvgIpc) is 0.787. The summed E-state index contributed by atoms with van der Waals surface area (Å²) in [5.74, 6) is 4.54. The predicted octanol–water partition coefficient (Wildman–Crippen LogP) is 16.5. The van der Waals surface area contributed by atoms with Crippen molar-refractivity contribution in [2.45, 2.75) is 116 Å². The van der Waals surface area contributed by atoms with E-state index in [4.69, 9.17) is 74.3 Å². The number of thioether (sulfide) groups is 1. The van der Waals surface area contributed by atoms with Crippen LogP contribution >= 0.6 is 81.4 Å². The number of pyridine rings is 1. The van der Waals surface area contributed by atoms with Gasteiger partial charge in [-0.1, -0.05) is 138 Å². The lowest BCUT2D eigenvalue weighted by atomic mass is 9.85. The van der Waals surface area contributed by atoms with E-state index in [1.165, 1.54) is 34.9 Å². The summed E-state index contributed by atoms with van der Waals surface area (Å²) in [6.07, 6.45) is 15.4. The number of hydrogen-bond acceptors (Lipinski definition) is 26. The summed E-state index contributed by atoms with van der Waals surface area (Å²) in [6, 6.07) is 46.2. The Bertz CT molecular complexity index is 6050. The number of aromatic nitrogens is 13. The van der Waals surface area contributed by atoms with Gasteiger partial charge in [-0.05, 0) is 190 Å². The summed E-state index contributed by atoms with van der Waals surface area (Å²) in [6.45, 7) is 14.8. The van der Waals surface area contributed by atoms with Crippen molar-refractivity contribution in [3.63, 3.8) is 0 Å². The van der Waals surface area contributed by atoms with Gasteiger partial charge in [-0.2, -0.15) is 9.57 Å². The Morgan fingerprint density at radius 1 is 0.467 bits per heavy atom. The number of likely N-dealkylation sites (N-methyl/N-ethyl adjacent to an activating group) is 2. The number of sulfonamides is 1. The number of aryl methyl sites for hydroxylation is 3. The summed E-state index contributed by atoms with van der Waals surface area (Å²) in [5, 5.41) is 15.1. The SMILES string of the molecule is CC(C)(C#N)c1cccc(Cc2nccc(Cl)n2)c1.CN(C)CCN(C)S(=O)(=O)c1cccc(Cc2nccc(Cl)n2)c1.COc1cc(Cc2nccc(Cl)n2)cc(S(C)(=O)=O)c1.Cc1cc(Cc2nccc(Cl)n2)cc(S(C)(=O)=O)c1.Cc1cc(SC(C)C)cc(Nc2nccc(Cl)n2)n1.Cc1ccc(Cc2nccc(Cl)n2)cc1S(C)(=O)=O. The highest BCUT2D eigenvalue weighted by Crippen LogP contribution is 2.29. The molecule has 26 nitrogen and oxygen atoms in total. The smallest absolute Gasteiger partial charge is 0.242 e. The monoisotopic (exact) mass is 1840 g/mol. The van der Waals surface area contributed by atoms with E-state index in [0.717, 1.165) is 62.3 Å². The normalized spacial score (nSPS) is 11.4. The molecule has 632 valence electrons. The molecule has 0 unspecified atom stereocenters. The molecule has 0 saturated carbocycles. The molecule has 0 bridgehead atoms. The van der Waals surface area contributed by atoms with E-state index in [9.17, 15) is 38.9 Å². The van der Waals surface area contributed by atoms with E-state index in [2.05, 4.69) is 96.1 Å². The van der Waals surface area contributed by atoms with Crippen LogP contribution in [0.3, 0.4) is 0 Å². The molecule has 7 aromatic heterocycles. The Hall–Kier alpha value is -9.37. The van der Waals surface area contributed by atoms with Gasteiger partial charge in [0.15, 0.2) is 29.5 Å². The van der Waals surface area contributed by atoms with Gasteiger partial charge in [0, 0.05) is 124 Å². The van der Waals surface area contributed by atoms with Crippen molar-refractivity contribution >= 4 is 133 Å². The highest BCUT2D eigenvalue weighted by molar-refractivity contribution is 8.00. The molecular formula is C83H89Cl6N17O9S5. The maximum atomic E-state index is 12.7. The Balaban J connectivity index is 0.000000199. The molecule has 0 atom stereocenters. The first-order chi connectivity index (χ1) is 56.4. The quantitative estimate of drug-likeness (QED) is 0.0434. The molecule has 0 radical (unpaired) electrons. The van der Waals surface area contributed by atoms with Gasteiger partial charge in [0.05, 0.1) is 38.2 Å². The lowest BCUT2D eigenvalue weighted by Gasteiger charge is -2.19. The van der Waals surface area contributed by atoms with Crippen LogP contribution in [-0.2, 0) is 77.1 Å². The van der Waals surface area contributed by atoms with Crippen molar-refractivity contribution in [2.75, 3.05) is 65.4 Å². The van der Waals surface area contributed by atoms with Crippen LogP contribution in [0.15, 0.2) is 213 Å². The van der Waals surface area contributed by atoms with Gasteiger partial charge >= 0.3 is 0 Å². The van der Waals surface area contributed by atoms with Gasteiger partial charge in [-0.25, -0.2) is 98.5 Å². The van der Waals surface area contributed by atoms with Crippen LogP contribution in [0.2, 0.25) is 30.9 Å². The number of nitrogens with one attached hydrogen (secondary N) is 1. The van der Waals surface area contributed by atoms with Crippen molar-refractivity contribution in [3.05, 3.63) is 299 Å². The van der Waals surface area contributed by atoms with Gasteiger partial charge in [0.25, 0.3) is 0 Å². The number of nitriles is 1. The van der Waals surface area contributed by atoms with E-state index >= 15 is 0 Å². The largest absolute Gasteiger partial charge is 0.497 e. The van der Waals surface area contributed by atoms with Crippen LogP contribution in [0.4, 0.5) is 11.8 Å². The Morgan fingerprint density at radius 2 is 0.892 bits per heavy atom. The zero-order valence-electron chi connectivity index (χ0n) is 68.1. The number of hydrogen-bond donors (Lipinski definition) is 1. The highest BCUT2D eigenvalue weighted by atomic mass is 35.5. The number of rotatable bonds is 24. The van der Waals surface area contributed by atoms with Crippen molar-refractivity contribution in [1.29, 1.82) is 5.26 Å². The minimum Gasteiger partial charge on any atom is -0.497 e. The second-order valence-corrected chi connectivity index (χ2v) is 40.0. The number of methoxy groups -OCH3 is 1. The number of ether oxygens (including phenoxy) is 1. The number of nitrogens with zero attached hydrogens (tertiary/aromatic N) is 16. The molecule has 0 aliphatic carbocycles. The first-order valence-electron chi connectivity index (χ1n) is 36.4. The number of sulfone groups is 3. The average molecular weight is 1840 g/mol. The van der Waals surface area contributed by atoms with Crippen molar-refractivity contribution in [2.24, 2.45) is 0 Å². The summed E-state index contributed by atoms with van der Waals surface area (Å²) in [5.41, 5.74) is 7.40. The van der Waals surface area contributed by atoms with Gasteiger partial charge in [0.2, 0.25) is 16.0 Å². The van der Waals surface area contributed by atoms with E-state index in [-0.39, 0.29) is 9.79 Å². The summed E-state index contributed by atoms with van der Waals surface area (Å²) >= 11 is 36.7. The summed E-state index contributed by atoms with van der Waals surface area (Å²) < 4.78 is 102. The molecule has 12 rings (SSSR count). The molecule has 0 aliphatic rings. The summed E-state index contributed by atoms with van der Waals surface area (Å²) in [4.78, 5) is 58.1. The van der Waals surface area contributed by atoms with E-state index < -0.39 is 45.0 Å². The fourth-order valence-electron chi connectivity index (χ4n) is 10.7. The molecule has 0 aliphatic heterocycles. The van der Waals surface area contributed by atoms with Crippen LogP contribution in [-0.4, -0.2) is 173 Å². The van der Waals surface area contributed by atoms with Crippen molar-refractivity contribution in [1.82, 2.24) is 74.0 Å². The van der Waals surface area contributed by atoms with Crippen molar-refractivity contribution in [3.8, 4) is 11.8 Å². The lowest BCUT2D eigenvalue weighted by Crippen LogP contribution is -2.33. The minimum atomic E-state index is -3.52. The topological polar surface area (TPSA) is 356 Å². The Morgan fingerprint density at radius 3 is 1.32 bits per heavy atom. The molecule has 0 amide bonds. The second kappa shape index (κ2) is 45.5. The molecular weight excluding hydrogens is 1750 g/mol. The molecule has 7 heterocycles. The van der Waals surface area contributed by atoms with Crippen LogP contribution in [0, 0.1) is 32.1 Å². The fourth-order valence-corrected chi connectivity index (χ4v) is 16.3. The molecule has 12 aromatic rings. The van der Waals surface area contributed by atoms with E-state index in [0.29, 0.717) is 132 Å². The zero-order valence-corrected chi connectivity index (χ0v) is 76.7. The molecule has 0 spiro atoms. The molecule has 5 aromatic carbocycles. The third kappa shape index (κ3) is 33.6. The second-order valence-electron chi connectivity index (χ2n) is 28.0. The maximum Gasteiger partial charge on any atom is 0.242 e. The van der Waals surface area contributed by atoms with Crippen LogP contribution in [0.1, 0.15) is 107 Å². The maximum absolute atomic E-state index is 12.7. The minimum absolute atomic E-state index is 0.203. The van der Waals surface area contributed by atoms with E-state index in [1.54, 1.807) is 154 Å². The Kier molecular flexibility index (Phi) is 37.1. The zero-order chi connectivity index (χ0) is 88.3. The van der Waals surface area contributed by atoms with Gasteiger partial charge < -0.3 is 15.0 Å². The van der Waals surface area contributed by atoms with Crippen LogP contribution < -0.4 is 10.1 Å². The predicted molar refractivity (Wildman–Crippen MR) is 474 cm³/mol. The van der Waals surface area contributed by atoms with Gasteiger partial charge in [0.1, 0.15) is 71.6 Å². The van der Waals surface area contributed by atoms with Crippen LogP contribution in [0.5, 0.6) is 5.75 Å². The molecule has 120 heavy (non-hydrogen) atoms. The van der Waals surface area contributed by atoms with E-state index in [1.807, 2.05) is 95.2 Å². The number of benzene rings is 5. The highest BCUT2D eigenvalue weighted by Gasteiger charge is 2.23. The first-order valence-corrected chi connectivity index (χ1v) is 46.6. The van der Waals surface area contributed by atoms with Gasteiger partial charge in [-0.3, -0.25) is 0 Å². The van der Waals surface area contributed by atoms with Gasteiger partial charge in [-0.15, -0.1) is 11.8 Å². The summed E-state index contributed by atoms with van der Waals surface area (Å²) in [7, 11) is -6.37. The number of halogens is 6. The molecule has 37 heteroatoms. The standard InChI is InChI=1S/C16H21ClN4O2S.C15H14ClN3.C13H15ClN4S.C13H13ClN2O3S.2C13H13ClN2O2S/c1-20(2)9-10-21(3)24(22,23)14-6-4-5-13(11-14)12-16-18-8-7-15(17)19-16;1-15(2,10-17)12-5-3-4-11(8-12)9-14-18-7-6-13(16)19-14;1-8(2)19-10-6-9(3)16-12(7-10)18-13-15-5-4-11(14)17-13;1-19-10-5-9(6-11(8-10)20(2,17)18)7-13-15-4-3-12(14)16-13;1-9-5-10(7-11(6-9)19(2,17)18)8-13-15-4-3-12(14)16-13;1-9-3-4-10(7-11(9)19(2,17)18)8-13-15-6-5-12(14)16-13/h4-8,11H,9-10,12H2,1-3H3;3-8H,9H2,1-2H3;4-8H,1-3H3,(H,15,16,17,18);3-6,8H,7H2,1-2H3;2*3-7H,8H2,1-2H3. The van der Waals surface area contributed by atoms with Crippen LogP contribution in [0.25, 0.3) is 0 Å². The first kappa shape index (κ1) is 97.7. The molecule has 0 fully saturated rings. The third-order valence-corrected chi connectivity index (χ3v) is 24.0.